The molecule has 1 aliphatic rings. The van der Waals surface area contributed by atoms with Gasteiger partial charge in [0.2, 0.25) is 4.74 Å². The molecule has 0 saturated carbocycles. The second-order valence-electron chi connectivity index (χ2n) is 4.28. The highest BCUT2D eigenvalue weighted by molar-refractivity contribution is 7.12. The van der Waals surface area contributed by atoms with Gasteiger partial charge in [-0.25, -0.2) is 4.98 Å². The van der Waals surface area contributed by atoms with Gasteiger partial charge in [-0.2, -0.15) is 0 Å². The highest BCUT2D eigenvalue weighted by atomic mass is 32.1. The molecule has 0 spiro atoms. The largest absolute Gasteiger partial charge is 0.375 e. The Morgan fingerprint density at radius 2 is 2.15 bits per heavy atom. The van der Waals surface area contributed by atoms with E-state index in [-0.39, 0.29) is 10.2 Å². The second kappa shape index (κ2) is 2.54. The zero-order valence-electron chi connectivity index (χ0n) is 7.76. The zero-order chi connectivity index (χ0) is 9.64. The van der Waals surface area contributed by atoms with Crippen LogP contribution in [0.2, 0.25) is 0 Å². The topological polar surface area (TPSA) is 56.0 Å². The van der Waals surface area contributed by atoms with Crippen LogP contribution in [0.1, 0.15) is 25.1 Å². The van der Waals surface area contributed by atoms with Gasteiger partial charge in [-0.1, -0.05) is 25.2 Å². The van der Waals surface area contributed by atoms with Crippen LogP contribution in [0, 0.1) is 5.41 Å². The molecule has 2 N–H and O–H groups in total. The Morgan fingerprint density at radius 3 is 2.85 bits per heavy atom. The highest BCUT2D eigenvalue weighted by Crippen LogP contribution is 2.34. The lowest BCUT2D eigenvalue weighted by Crippen LogP contribution is -2.11. The van der Waals surface area contributed by atoms with Crippen molar-refractivity contribution < 1.29 is 0 Å². The number of fused-ring (bicyclic) bond motifs is 1. The van der Waals surface area contributed by atoms with Crippen LogP contribution in [0.15, 0.2) is 4.79 Å². The number of hydrogen-bond donors (Lipinski definition) is 1. The first-order valence-electron chi connectivity index (χ1n) is 4.26. The molecule has 0 aliphatic heterocycles. The molecule has 0 fully saturated rings. The van der Waals surface area contributed by atoms with Crippen molar-refractivity contribution >= 4 is 16.5 Å². The molecule has 1 aromatic heterocycles. The molecule has 0 amide bonds. The monoisotopic (exact) mass is 196 g/mol. The summed E-state index contributed by atoms with van der Waals surface area (Å²) in [5.41, 5.74) is 7.49. The zero-order valence-corrected chi connectivity index (χ0v) is 8.57. The number of nitrogens with zero attached hydrogens (tertiary/aromatic N) is 1. The van der Waals surface area contributed by atoms with Gasteiger partial charge in [0, 0.05) is 5.56 Å². The summed E-state index contributed by atoms with van der Waals surface area (Å²) in [6.07, 6.45) is 1.71. The Morgan fingerprint density at radius 1 is 1.46 bits per heavy atom. The van der Waals surface area contributed by atoms with Crippen LogP contribution in [0.25, 0.3) is 0 Å². The van der Waals surface area contributed by atoms with E-state index < -0.39 is 0 Å². The minimum absolute atomic E-state index is 0.0908. The first-order valence-corrected chi connectivity index (χ1v) is 5.08. The minimum atomic E-state index is 0.0908. The molecule has 0 saturated heterocycles. The predicted octanol–water partition coefficient (Wildman–Crippen LogP) is 1.21. The van der Waals surface area contributed by atoms with Crippen LogP contribution >= 0.6 is 11.3 Å². The Kier molecular flexibility index (Phi) is 1.70. The molecule has 1 aliphatic carbocycles. The maximum Gasteiger partial charge on any atom is 0.240 e. The SMILES string of the molecule is CC1(C)Cc2nc(N)sc(=O)c2C1. The third-order valence-electron chi connectivity index (χ3n) is 2.34. The normalized spacial score (nSPS) is 18.6. The van der Waals surface area contributed by atoms with Gasteiger partial charge in [0.1, 0.15) is 0 Å². The van der Waals surface area contributed by atoms with Crippen molar-refractivity contribution in [3.63, 3.8) is 0 Å². The van der Waals surface area contributed by atoms with Crippen LogP contribution in [0.3, 0.4) is 0 Å². The Labute approximate surface area is 80.6 Å². The van der Waals surface area contributed by atoms with E-state index in [1.54, 1.807) is 0 Å². The standard InChI is InChI=1S/C9H12N2OS/c1-9(2)3-5-6(4-9)11-8(10)13-7(5)12/h3-4H2,1-2H3,(H2,10,11). The van der Waals surface area contributed by atoms with E-state index in [2.05, 4.69) is 18.8 Å². The highest BCUT2D eigenvalue weighted by Gasteiger charge is 2.31. The van der Waals surface area contributed by atoms with E-state index >= 15 is 0 Å². The number of nitrogens with two attached hydrogens (primary N) is 1. The Balaban J connectivity index is 2.58. The maximum absolute atomic E-state index is 11.5. The molecule has 0 atom stereocenters. The fraction of sp³-hybridized carbons (Fsp3) is 0.556. The van der Waals surface area contributed by atoms with Crippen molar-refractivity contribution in [2.75, 3.05) is 5.73 Å². The number of hydrogen-bond acceptors (Lipinski definition) is 4. The van der Waals surface area contributed by atoms with Gasteiger partial charge < -0.3 is 5.73 Å². The average molecular weight is 196 g/mol. The summed E-state index contributed by atoms with van der Waals surface area (Å²) in [6, 6.07) is 0. The fourth-order valence-electron chi connectivity index (χ4n) is 1.81. The van der Waals surface area contributed by atoms with E-state index in [0.717, 1.165) is 35.4 Å². The molecule has 0 bridgehead atoms. The van der Waals surface area contributed by atoms with Gasteiger partial charge in [0.15, 0.2) is 5.13 Å². The number of rotatable bonds is 0. The number of nitrogen functional groups attached to an aromatic ring is 1. The van der Waals surface area contributed by atoms with Crippen molar-refractivity contribution in [2.24, 2.45) is 5.41 Å². The van der Waals surface area contributed by atoms with Gasteiger partial charge >= 0.3 is 0 Å². The molecule has 0 radical (unpaired) electrons. The summed E-state index contributed by atoms with van der Waals surface area (Å²) >= 11 is 1.05. The Hall–Kier alpha value is -0.900. The first-order chi connectivity index (χ1) is 5.98. The summed E-state index contributed by atoms with van der Waals surface area (Å²) < 4.78 is 0.0908. The lowest BCUT2D eigenvalue weighted by Gasteiger charge is -2.13. The van der Waals surface area contributed by atoms with Gasteiger partial charge in [0.05, 0.1) is 5.69 Å². The molecular formula is C9H12N2OS. The van der Waals surface area contributed by atoms with Crippen LogP contribution in [-0.4, -0.2) is 4.98 Å². The van der Waals surface area contributed by atoms with E-state index in [1.165, 1.54) is 0 Å². The third kappa shape index (κ3) is 1.46. The van der Waals surface area contributed by atoms with Crippen molar-refractivity contribution in [1.82, 2.24) is 4.98 Å². The Bertz CT molecular complexity index is 409. The molecular weight excluding hydrogens is 184 g/mol. The van der Waals surface area contributed by atoms with Gasteiger partial charge in [-0.3, -0.25) is 4.79 Å². The molecule has 0 unspecified atom stereocenters. The maximum atomic E-state index is 11.5. The van der Waals surface area contributed by atoms with Gasteiger partial charge in [0.25, 0.3) is 0 Å². The van der Waals surface area contributed by atoms with Gasteiger partial charge in [-0.15, -0.1) is 0 Å². The quantitative estimate of drug-likeness (QED) is 0.678. The number of anilines is 1. The lowest BCUT2D eigenvalue weighted by molar-refractivity contribution is 0.390. The van der Waals surface area contributed by atoms with Crippen LogP contribution in [-0.2, 0) is 12.8 Å². The molecule has 13 heavy (non-hydrogen) atoms. The molecule has 2 rings (SSSR count). The summed E-state index contributed by atoms with van der Waals surface area (Å²) in [7, 11) is 0. The van der Waals surface area contributed by atoms with Gasteiger partial charge in [-0.05, 0) is 18.3 Å². The smallest absolute Gasteiger partial charge is 0.240 e. The van der Waals surface area contributed by atoms with E-state index in [1.807, 2.05) is 0 Å². The fourth-order valence-corrected chi connectivity index (χ4v) is 2.47. The summed E-state index contributed by atoms with van der Waals surface area (Å²) in [6.45, 7) is 4.30. The molecule has 70 valence electrons. The number of aromatic nitrogens is 1. The van der Waals surface area contributed by atoms with E-state index in [0.29, 0.717) is 5.13 Å². The van der Waals surface area contributed by atoms with Crippen LogP contribution < -0.4 is 10.5 Å². The second-order valence-corrected chi connectivity index (χ2v) is 5.28. The summed E-state index contributed by atoms with van der Waals surface area (Å²) in [4.78, 5) is 15.7. The van der Waals surface area contributed by atoms with E-state index in [4.69, 9.17) is 5.73 Å². The minimum Gasteiger partial charge on any atom is -0.375 e. The predicted molar refractivity (Wildman–Crippen MR) is 54.0 cm³/mol. The molecule has 1 heterocycles. The van der Waals surface area contributed by atoms with Crippen molar-refractivity contribution in [2.45, 2.75) is 26.7 Å². The molecule has 0 aromatic carbocycles. The summed E-state index contributed by atoms with van der Waals surface area (Å²) in [5, 5.41) is 0.390. The van der Waals surface area contributed by atoms with Crippen LogP contribution in [0.4, 0.5) is 5.13 Å². The van der Waals surface area contributed by atoms with Crippen LogP contribution in [0.5, 0.6) is 0 Å². The molecule has 1 aromatic rings. The van der Waals surface area contributed by atoms with Crippen molar-refractivity contribution in [3.8, 4) is 0 Å². The lowest BCUT2D eigenvalue weighted by atomic mass is 9.91. The molecule has 4 heteroatoms. The first kappa shape index (κ1) is 8.69. The summed E-state index contributed by atoms with van der Waals surface area (Å²) in [5.74, 6) is 0. The van der Waals surface area contributed by atoms with E-state index in [9.17, 15) is 4.79 Å². The van der Waals surface area contributed by atoms with Crippen molar-refractivity contribution in [3.05, 3.63) is 20.8 Å². The average Bonchev–Trinajstić information content (AvgIpc) is 2.23. The molecule has 3 nitrogen and oxygen atoms in total. The van der Waals surface area contributed by atoms with Crippen molar-refractivity contribution in [1.29, 1.82) is 0 Å². The third-order valence-corrected chi connectivity index (χ3v) is 3.07.